The largest absolute Gasteiger partial charge is 0.480 e. The van der Waals surface area contributed by atoms with Crippen LogP contribution in [0.1, 0.15) is 26.7 Å². The number of rotatable bonds is 3. The summed E-state index contributed by atoms with van der Waals surface area (Å²) in [5.74, 6) is -1.20. The van der Waals surface area contributed by atoms with Gasteiger partial charge in [0.2, 0.25) is 0 Å². The number of hydrogen-bond acceptors (Lipinski definition) is 4. The molecule has 2 unspecified atom stereocenters. The minimum atomic E-state index is -0.987. The highest BCUT2D eigenvalue weighted by Crippen LogP contribution is 2.26. The van der Waals surface area contributed by atoms with E-state index in [2.05, 4.69) is 18.7 Å². The van der Waals surface area contributed by atoms with Gasteiger partial charge in [-0.2, -0.15) is 0 Å². The van der Waals surface area contributed by atoms with E-state index in [0.29, 0.717) is 6.04 Å². The minimum Gasteiger partial charge on any atom is -0.480 e. The molecule has 6 heteroatoms. The van der Waals surface area contributed by atoms with Crippen molar-refractivity contribution in [2.75, 3.05) is 19.8 Å². The van der Waals surface area contributed by atoms with E-state index in [4.69, 9.17) is 4.74 Å². The lowest BCUT2D eigenvalue weighted by Gasteiger charge is -2.42. The highest BCUT2D eigenvalue weighted by Gasteiger charge is 2.42. The summed E-state index contributed by atoms with van der Waals surface area (Å²) >= 11 is 0. The second-order valence-electron chi connectivity index (χ2n) is 5.12. The van der Waals surface area contributed by atoms with Crippen molar-refractivity contribution in [2.24, 2.45) is 0 Å². The zero-order valence-electron chi connectivity index (χ0n) is 10.8. The van der Waals surface area contributed by atoms with Crippen molar-refractivity contribution in [1.82, 2.24) is 9.80 Å². The summed E-state index contributed by atoms with van der Waals surface area (Å²) in [7, 11) is 0. The van der Waals surface area contributed by atoms with Crippen molar-refractivity contribution in [3.8, 4) is 0 Å². The predicted octanol–water partition coefficient (Wildman–Crippen LogP) is 0.129. The Morgan fingerprint density at radius 1 is 1.50 bits per heavy atom. The lowest BCUT2D eigenvalue weighted by molar-refractivity contribution is -0.170. The molecule has 1 amide bonds. The van der Waals surface area contributed by atoms with Gasteiger partial charge in [0.25, 0.3) is 5.91 Å². The lowest BCUT2D eigenvalue weighted by Crippen LogP contribution is -2.61. The first-order valence-electron chi connectivity index (χ1n) is 6.40. The van der Waals surface area contributed by atoms with E-state index in [1.54, 1.807) is 0 Å². The zero-order chi connectivity index (χ0) is 13.3. The number of ether oxygens (including phenoxy) is 1. The second kappa shape index (κ2) is 5.24. The van der Waals surface area contributed by atoms with Crippen LogP contribution in [-0.4, -0.2) is 64.8 Å². The fourth-order valence-electron chi connectivity index (χ4n) is 2.82. The molecule has 2 heterocycles. The van der Waals surface area contributed by atoms with Crippen LogP contribution in [0.3, 0.4) is 0 Å². The fourth-order valence-corrected chi connectivity index (χ4v) is 2.82. The molecule has 18 heavy (non-hydrogen) atoms. The summed E-state index contributed by atoms with van der Waals surface area (Å²) in [5.41, 5.74) is 0. The molecule has 1 N–H and O–H groups in total. The van der Waals surface area contributed by atoms with Gasteiger partial charge in [-0.3, -0.25) is 9.69 Å². The Labute approximate surface area is 106 Å². The van der Waals surface area contributed by atoms with Crippen LogP contribution in [0.2, 0.25) is 0 Å². The number of carboxylic acid groups (broad SMARTS) is 1. The van der Waals surface area contributed by atoms with Gasteiger partial charge in [0.1, 0.15) is 6.61 Å². The number of amides is 1. The van der Waals surface area contributed by atoms with E-state index >= 15 is 0 Å². The van der Waals surface area contributed by atoms with E-state index in [0.717, 1.165) is 19.4 Å². The van der Waals surface area contributed by atoms with Gasteiger partial charge in [-0.15, -0.1) is 0 Å². The van der Waals surface area contributed by atoms with Crippen LogP contribution < -0.4 is 0 Å². The molecular weight excluding hydrogens is 236 g/mol. The van der Waals surface area contributed by atoms with Gasteiger partial charge in [0.15, 0.2) is 6.04 Å². The van der Waals surface area contributed by atoms with E-state index < -0.39 is 12.0 Å². The third kappa shape index (κ3) is 2.35. The first-order chi connectivity index (χ1) is 8.52. The number of morpholine rings is 1. The smallest absolute Gasteiger partial charge is 0.328 e. The molecule has 2 rings (SSSR count). The Morgan fingerprint density at radius 2 is 2.22 bits per heavy atom. The molecule has 0 aliphatic carbocycles. The van der Waals surface area contributed by atoms with Crippen LogP contribution in [0.25, 0.3) is 0 Å². The maximum absolute atomic E-state index is 12.0. The molecule has 2 aliphatic heterocycles. The SMILES string of the molecule is CC(C)N1CCCC1N1C(=O)COCC1C(=O)O. The molecule has 0 saturated carbocycles. The molecule has 2 aliphatic rings. The monoisotopic (exact) mass is 256 g/mol. The highest BCUT2D eigenvalue weighted by atomic mass is 16.5. The molecule has 0 aromatic rings. The molecule has 0 aromatic heterocycles. The average molecular weight is 256 g/mol. The van der Waals surface area contributed by atoms with Gasteiger partial charge in [-0.1, -0.05) is 0 Å². The Kier molecular flexibility index (Phi) is 3.87. The number of carboxylic acids is 1. The zero-order valence-corrected chi connectivity index (χ0v) is 10.8. The van der Waals surface area contributed by atoms with Crippen molar-refractivity contribution in [1.29, 1.82) is 0 Å². The van der Waals surface area contributed by atoms with Gasteiger partial charge in [-0.05, 0) is 26.7 Å². The van der Waals surface area contributed by atoms with Gasteiger partial charge >= 0.3 is 5.97 Å². The topological polar surface area (TPSA) is 70.1 Å². The number of aliphatic carboxylic acids is 1. The fraction of sp³-hybridized carbons (Fsp3) is 0.833. The maximum atomic E-state index is 12.0. The van der Waals surface area contributed by atoms with E-state index in [1.165, 1.54) is 4.90 Å². The summed E-state index contributed by atoms with van der Waals surface area (Å²) in [4.78, 5) is 26.9. The van der Waals surface area contributed by atoms with Gasteiger partial charge in [-0.25, -0.2) is 4.79 Å². The summed E-state index contributed by atoms with van der Waals surface area (Å²) in [5, 5.41) is 9.22. The second-order valence-corrected chi connectivity index (χ2v) is 5.12. The minimum absolute atomic E-state index is 0.00772. The van der Waals surface area contributed by atoms with Crippen LogP contribution in [0.4, 0.5) is 0 Å². The predicted molar refractivity (Wildman–Crippen MR) is 64.0 cm³/mol. The molecule has 6 nitrogen and oxygen atoms in total. The average Bonchev–Trinajstić information content (AvgIpc) is 2.77. The quantitative estimate of drug-likeness (QED) is 0.777. The van der Waals surface area contributed by atoms with Crippen LogP contribution >= 0.6 is 0 Å². The molecule has 0 bridgehead atoms. The summed E-state index contributed by atoms with van der Waals surface area (Å²) in [6.07, 6.45) is 1.75. The third-order valence-corrected chi connectivity index (χ3v) is 3.66. The highest BCUT2D eigenvalue weighted by molar-refractivity contribution is 5.85. The van der Waals surface area contributed by atoms with Crippen LogP contribution in [0, 0.1) is 0 Å². The van der Waals surface area contributed by atoms with Crippen molar-refractivity contribution >= 4 is 11.9 Å². The van der Waals surface area contributed by atoms with Gasteiger partial charge in [0.05, 0.1) is 12.8 Å². The van der Waals surface area contributed by atoms with Crippen molar-refractivity contribution < 1.29 is 19.4 Å². The summed E-state index contributed by atoms with van der Waals surface area (Å²) in [6, 6.07) is -0.543. The molecule has 2 atom stereocenters. The Hall–Kier alpha value is -1.14. The normalized spacial score (nSPS) is 30.2. The van der Waals surface area contributed by atoms with Gasteiger partial charge in [0, 0.05) is 12.6 Å². The Bertz CT molecular complexity index is 345. The van der Waals surface area contributed by atoms with Crippen LogP contribution in [0.15, 0.2) is 0 Å². The van der Waals surface area contributed by atoms with Crippen molar-refractivity contribution in [3.63, 3.8) is 0 Å². The Balaban J connectivity index is 2.21. The van der Waals surface area contributed by atoms with Gasteiger partial charge < -0.3 is 14.7 Å². The summed E-state index contributed by atoms with van der Waals surface area (Å²) < 4.78 is 5.05. The molecule has 2 fully saturated rings. The number of carbonyl (C=O) groups excluding carboxylic acids is 1. The van der Waals surface area contributed by atoms with Crippen LogP contribution in [-0.2, 0) is 14.3 Å². The Morgan fingerprint density at radius 3 is 2.83 bits per heavy atom. The van der Waals surface area contributed by atoms with Crippen molar-refractivity contribution in [2.45, 2.75) is 44.9 Å². The lowest BCUT2D eigenvalue weighted by atomic mass is 10.1. The van der Waals surface area contributed by atoms with Crippen molar-refractivity contribution in [3.05, 3.63) is 0 Å². The first kappa shape index (κ1) is 13.3. The molecule has 102 valence electrons. The third-order valence-electron chi connectivity index (χ3n) is 3.66. The van der Waals surface area contributed by atoms with E-state index in [1.807, 2.05) is 0 Å². The van der Waals surface area contributed by atoms with E-state index in [-0.39, 0.29) is 25.3 Å². The van der Waals surface area contributed by atoms with Crippen LogP contribution in [0.5, 0.6) is 0 Å². The molecule has 0 aromatic carbocycles. The summed E-state index contributed by atoms with van der Waals surface area (Å²) in [6.45, 7) is 5.13. The molecule has 2 saturated heterocycles. The maximum Gasteiger partial charge on any atom is 0.328 e. The number of likely N-dealkylation sites (tertiary alicyclic amines) is 1. The van der Waals surface area contributed by atoms with E-state index in [9.17, 15) is 14.7 Å². The number of carbonyl (C=O) groups is 2. The first-order valence-corrected chi connectivity index (χ1v) is 6.40. The molecule has 0 spiro atoms. The molecule has 0 radical (unpaired) electrons. The standard InChI is InChI=1S/C12H20N2O4/c1-8(2)13-5-3-4-10(13)14-9(12(16)17)6-18-7-11(14)15/h8-10H,3-7H2,1-2H3,(H,16,17). The molecular formula is C12H20N2O4. The number of nitrogens with zero attached hydrogens (tertiary/aromatic N) is 2. The number of hydrogen-bond donors (Lipinski definition) is 1.